The standard InChI is InChI=1S/C28H29BrN2O7S/c1-6-36-20-10-9-17(14-21(20)37-7-2)24-18(27(33)35-5)15-30-28-31(24)26(32)23(39-28)13-16-11-19(29)25(34-4)22(12-16)38-8-3/h9-15,24H,6-8H2,1-5H3/b23-13+/t24-/m0/s1. The second-order valence-electron chi connectivity index (χ2n) is 8.22. The van der Waals surface area contributed by atoms with Gasteiger partial charge in [-0.3, -0.25) is 9.36 Å². The Bertz CT molecular complexity index is 1590. The highest BCUT2D eigenvalue weighted by atomic mass is 79.9. The van der Waals surface area contributed by atoms with Gasteiger partial charge >= 0.3 is 5.97 Å². The molecule has 0 saturated heterocycles. The summed E-state index contributed by atoms with van der Waals surface area (Å²) in [5, 5.41) is 0. The fraction of sp³-hybridized carbons (Fsp3) is 0.321. The van der Waals surface area contributed by atoms with E-state index in [9.17, 15) is 9.59 Å². The zero-order valence-electron chi connectivity index (χ0n) is 22.3. The Balaban J connectivity index is 1.90. The highest BCUT2D eigenvalue weighted by Gasteiger charge is 2.31. The molecule has 1 atom stereocenters. The Hall–Kier alpha value is -3.57. The van der Waals surface area contributed by atoms with Crippen molar-refractivity contribution in [1.82, 2.24) is 4.57 Å². The number of halogens is 1. The molecule has 0 amide bonds. The topological polar surface area (TPSA) is 97.6 Å². The smallest absolute Gasteiger partial charge is 0.337 e. The van der Waals surface area contributed by atoms with Gasteiger partial charge in [-0.05, 0) is 78.2 Å². The molecule has 9 nitrogen and oxygen atoms in total. The molecule has 2 aromatic carbocycles. The van der Waals surface area contributed by atoms with Gasteiger partial charge in [0.1, 0.15) is 0 Å². The third-order valence-electron chi connectivity index (χ3n) is 5.84. The van der Waals surface area contributed by atoms with Crippen LogP contribution in [0.4, 0.5) is 0 Å². The van der Waals surface area contributed by atoms with Gasteiger partial charge in [-0.2, -0.15) is 0 Å². The Morgan fingerprint density at radius 1 is 1.03 bits per heavy atom. The molecule has 0 radical (unpaired) electrons. The number of hydrogen-bond acceptors (Lipinski definition) is 9. The largest absolute Gasteiger partial charge is 0.492 e. The quantitative estimate of drug-likeness (QED) is 0.318. The molecule has 11 heteroatoms. The first-order valence-corrected chi connectivity index (χ1v) is 14.0. The number of thiazole rings is 1. The highest BCUT2D eigenvalue weighted by Crippen LogP contribution is 2.37. The van der Waals surface area contributed by atoms with Gasteiger partial charge in [-0.25, -0.2) is 9.79 Å². The number of rotatable bonds is 10. The molecule has 0 fully saturated rings. The molecule has 0 unspecified atom stereocenters. The fourth-order valence-electron chi connectivity index (χ4n) is 4.27. The summed E-state index contributed by atoms with van der Waals surface area (Å²) in [5.41, 5.74) is 1.33. The summed E-state index contributed by atoms with van der Waals surface area (Å²) in [7, 11) is 2.86. The Morgan fingerprint density at radius 3 is 2.38 bits per heavy atom. The van der Waals surface area contributed by atoms with Crippen molar-refractivity contribution in [3.05, 3.63) is 77.4 Å². The van der Waals surface area contributed by atoms with E-state index in [0.717, 1.165) is 5.56 Å². The van der Waals surface area contributed by atoms with Crippen molar-refractivity contribution in [2.24, 2.45) is 4.99 Å². The molecular weight excluding hydrogens is 588 g/mol. The van der Waals surface area contributed by atoms with E-state index in [0.29, 0.717) is 62.2 Å². The second-order valence-corrected chi connectivity index (χ2v) is 10.1. The first kappa shape index (κ1) is 28.4. The van der Waals surface area contributed by atoms with E-state index >= 15 is 0 Å². The van der Waals surface area contributed by atoms with Gasteiger partial charge in [0.05, 0.1) is 54.7 Å². The van der Waals surface area contributed by atoms with Crippen LogP contribution in [0.3, 0.4) is 0 Å². The number of ether oxygens (including phenoxy) is 5. The number of carbonyl (C=O) groups excluding carboxylic acids is 1. The van der Waals surface area contributed by atoms with Crippen LogP contribution in [0, 0.1) is 0 Å². The third kappa shape index (κ3) is 5.74. The number of carbonyl (C=O) groups is 1. The van der Waals surface area contributed by atoms with Crippen LogP contribution in [-0.2, 0) is 9.53 Å². The van der Waals surface area contributed by atoms with Crippen LogP contribution < -0.4 is 33.8 Å². The monoisotopic (exact) mass is 616 g/mol. The molecule has 1 aromatic heterocycles. The van der Waals surface area contributed by atoms with Crippen molar-refractivity contribution < 1.29 is 28.5 Å². The van der Waals surface area contributed by atoms with Crippen molar-refractivity contribution >= 4 is 39.3 Å². The van der Waals surface area contributed by atoms with E-state index < -0.39 is 12.0 Å². The summed E-state index contributed by atoms with van der Waals surface area (Å²) in [6.45, 7) is 6.99. The van der Waals surface area contributed by atoms with E-state index in [-0.39, 0.29) is 11.1 Å². The molecule has 0 aliphatic carbocycles. The maximum Gasteiger partial charge on any atom is 0.337 e. The fourth-order valence-corrected chi connectivity index (χ4v) is 5.86. The molecule has 0 saturated carbocycles. The number of fused-ring (bicyclic) bond motifs is 1. The second kappa shape index (κ2) is 12.5. The summed E-state index contributed by atoms with van der Waals surface area (Å²) in [6.07, 6.45) is 3.22. The van der Waals surface area contributed by atoms with Crippen LogP contribution >= 0.6 is 27.3 Å². The normalized spacial score (nSPS) is 14.7. The van der Waals surface area contributed by atoms with Gasteiger partial charge < -0.3 is 23.7 Å². The molecule has 2 heterocycles. The molecule has 0 N–H and O–H groups in total. The van der Waals surface area contributed by atoms with E-state index in [4.69, 9.17) is 23.7 Å². The molecule has 1 aliphatic rings. The maximum absolute atomic E-state index is 13.8. The van der Waals surface area contributed by atoms with E-state index in [1.54, 1.807) is 25.3 Å². The molecule has 1 aliphatic heterocycles. The number of aromatic nitrogens is 1. The highest BCUT2D eigenvalue weighted by molar-refractivity contribution is 9.10. The summed E-state index contributed by atoms with van der Waals surface area (Å²) >= 11 is 4.75. The minimum absolute atomic E-state index is 0.230. The Morgan fingerprint density at radius 2 is 1.72 bits per heavy atom. The zero-order chi connectivity index (χ0) is 28.1. The Kier molecular flexibility index (Phi) is 9.13. The minimum atomic E-state index is -0.771. The number of hydrogen-bond donors (Lipinski definition) is 0. The summed E-state index contributed by atoms with van der Waals surface area (Å²) < 4.78 is 30.4. The van der Waals surface area contributed by atoms with Gasteiger partial charge in [0.15, 0.2) is 27.8 Å². The molecule has 4 rings (SSSR count). The average molecular weight is 618 g/mol. The van der Waals surface area contributed by atoms with Gasteiger partial charge in [-0.15, -0.1) is 0 Å². The van der Waals surface area contributed by atoms with Gasteiger partial charge in [0.25, 0.3) is 5.56 Å². The van der Waals surface area contributed by atoms with E-state index in [1.165, 1.54) is 29.2 Å². The van der Waals surface area contributed by atoms with Crippen LogP contribution in [0.1, 0.15) is 37.9 Å². The summed E-state index contributed by atoms with van der Waals surface area (Å²) in [6, 6.07) is 8.26. The van der Waals surface area contributed by atoms with E-state index in [2.05, 4.69) is 20.9 Å². The van der Waals surface area contributed by atoms with Crippen LogP contribution in [0.2, 0.25) is 0 Å². The molecular formula is C28H29BrN2O7S. The molecule has 3 aromatic rings. The van der Waals surface area contributed by atoms with Crippen LogP contribution in [0.5, 0.6) is 23.0 Å². The van der Waals surface area contributed by atoms with Crippen molar-refractivity contribution in [1.29, 1.82) is 0 Å². The lowest BCUT2D eigenvalue weighted by Crippen LogP contribution is -2.39. The maximum atomic E-state index is 13.8. The SMILES string of the molecule is CCOc1ccc([C@H]2C(C(=O)OC)=CN=c3s/c(=C/c4cc(Br)c(OC)c(OCC)c4)c(=O)n32)cc1OCC. The number of benzene rings is 2. The minimum Gasteiger partial charge on any atom is -0.492 e. The summed E-state index contributed by atoms with van der Waals surface area (Å²) in [5.74, 6) is 1.64. The van der Waals surface area contributed by atoms with Gasteiger partial charge in [-0.1, -0.05) is 17.4 Å². The lowest BCUT2D eigenvalue weighted by molar-refractivity contribution is -0.136. The van der Waals surface area contributed by atoms with Crippen molar-refractivity contribution in [3.8, 4) is 23.0 Å². The predicted molar refractivity (Wildman–Crippen MR) is 152 cm³/mol. The van der Waals surface area contributed by atoms with Crippen molar-refractivity contribution in [2.75, 3.05) is 34.0 Å². The molecule has 206 valence electrons. The van der Waals surface area contributed by atoms with Crippen LogP contribution in [0.15, 0.2) is 56.4 Å². The van der Waals surface area contributed by atoms with Gasteiger partial charge in [0, 0.05) is 6.20 Å². The van der Waals surface area contributed by atoms with Crippen LogP contribution in [-0.4, -0.2) is 44.6 Å². The average Bonchev–Trinajstić information content (AvgIpc) is 3.24. The first-order chi connectivity index (χ1) is 18.9. The number of methoxy groups -OCH3 is 2. The molecule has 39 heavy (non-hydrogen) atoms. The van der Waals surface area contributed by atoms with Crippen LogP contribution in [0.25, 0.3) is 6.08 Å². The number of nitrogens with zero attached hydrogens (tertiary/aromatic N) is 2. The lowest BCUT2D eigenvalue weighted by Gasteiger charge is -2.23. The molecule has 0 spiro atoms. The predicted octanol–water partition coefficient (Wildman–Crippen LogP) is 3.99. The third-order valence-corrected chi connectivity index (χ3v) is 7.43. The van der Waals surface area contributed by atoms with Gasteiger partial charge in [0.2, 0.25) is 0 Å². The van der Waals surface area contributed by atoms with Crippen molar-refractivity contribution in [3.63, 3.8) is 0 Å². The number of esters is 1. The van der Waals surface area contributed by atoms with E-state index in [1.807, 2.05) is 39.0 Å². The zero-order valence-corrected chi connectivity index (χ0v) is 24.7. The summed E-state index contributed by atoms with van der Waals surface area (Å²) in [4.78, 5) is 31.5. The van der Waals surface area contributed by atoms with Crippen molar-refractivity contribution in [2.45, 2.75) is 26.8 Å². The molecule has 0 bridgehead atoms. The first-order valence-electron chi connectivity index (χ1n) is 12.4. The Labute approximate surface area is 238 Å². The lowest BCUT2D eigenvalue weighted by atomic mass is 9.97.